The van der Waals surface area contributed by atoms with Crippen molar-refractivity contribution >= 4 is 34.9 Å². The second-order valence-corrected chi connectivity index (χ2v) is 10.7. The number of nitrogens with two attached hydrogens (primary N) is 1. The van der Waals surface area contributed by atoms with Crippen LogP contribution in [0.5, 0.6) is 5.75 Å². The molecule has 3 N–H and O–H groups in total. The number of ether oxygens (including phenoxy) is 1. The quantitative estimate of drug-likeness (QED) is 0.493. The lowest BCUT2D eigenvalue weighted by Crippen LogP contribution is -2.13. The summed E-state index contributed by atoms with van der Waals surface area (Å²) >= 11 is 0. The van der Waals surface area contributed by atoms with Crippen LogP contribution in [0.2, 0.25) is 0 Å². The number of aromatic nitrogens is 2. The average molecular weight is 398 g/mol. The zero-order valence-corrected chi connectivity index (χ0v) is 18.1. The fourth-order valence-corrected chi connectivity index (χ4v) is 4.46. The molecule has 148 valence electrons. The minimum atomic E-state index is -2.54. The molecule has 28 heavy (non-hydrogen) atoms. The van der Waals surface area contributed by atoms with Gasteiger partial charge < -0.3 is 20.4 Å². The summed E-state index contributed by atoms with van der Waals surface area (Å²) in [5.41, 5.74) is 9.68. The highest BCUT2D eigenvalue weighted by molar-refractivity contribution is 7.70. The average Bonchev–Trinajstić information content (AvgIpc) is 2.58. The molecule has 6 nitrogen and oxygen atoms in total. The lowest BCUT2D eigenvalue weighted by atomic mass is 10.0. The van der Waals surface area contributed by atoms with Gasteiger partial charge in [-0.1, -0.05) is 6.07 Å². The van der Waals surface area contributed by atoms with E-state index in [-0.39, 0.29) is 6.04 Å². The smallest absolute Gasteiger partial charge is 0.138 e. The standard InChI is InChI=1S/C21H27N4O2P/c1-12-7-15(9-16(22)8-12)13(2)23-21-17-10-20(28(5,6)26)19(27-4)11-18(17)24-14(3)25-21/h7-11,13H,22H2,1-6H3,(H,23,24,25)/t13-/m1/s1. The van der Waals surface area contributed by atoms with E-state index in [2.05, 4.69) is 28.3 Å². The molecule has 0 spiro atoms. The summed E-state index contributed by atoms with van der Waals surface area (Å²) in [6.45, 7) is 9.40. The van der Waals surface area contributed by atoms with E-state index in [0.29, 0.717) is 22.7 Å². The van der Waals surface area contributed by atoms with Gasteiger partial charge in [-0.05, 0) is 63.4 Å². The molecule has 1 aromatic heterocycles. The number of hydrogen-bond acceptors (Lipinski definition) is 6. The predicted molar refractivity (Wildman–Crippen MR) is 118 cm³/mol. The maximum absolute atomic E-state index is 12.8. The summed E-state index contributed by atoms with van der Waals surface area (Å²) in [6, 6.07) is 9.71. The van der Waals surface area contributed by atoms with E-state index in [9.17, 15) is 4.57 Å². The van der Waals surface area contributed by atoms with Gasteiger partial charge in [0.05, 0.1) is 24.0 Å². The highest BCUT2D eigenvalue weighted by atomic mass is 31.2. The molecule has 0 saturated heterocycles. The van der Waals surface area contributed by atoms with Crippen molar-refractivity contribution in [2.24, 2.45) is 0 Å². The summed E-state index contributed by atoms with van der Waals surface area (Å²) in [4.78, 5) is 9.14. The van der Waals surface area contributed by atoms with E-state index in [4.69, 9.17) is 10.5 Å². The van der Waals surface area contributed by atoms with E-state index in [0.717, 1.165) is 27.7 Å². The van der Waals surface area contributed by atoms with Crippen LogP contribution in [0.25, 0.3) is 10.9 Å². The molecule has 0 radical (unpaired) electrons. The number of nitrogens with one attached hydrogen (secondary N) is 1. The SMILES string of the molecule is COc1cc2nc(C)nc(N[C@H](C)c3cc(C)cc(N)c3)c2cc1P(C)(C)=O. The molecule has 0 bridgehead atoms. The maximum Gasteiger partial charge on any atom is 0.138 e. The van der Waals surface area contributed by atoms with E-state index >= 15 is 0 Å². The number of nitrogen functional groups attached to an aromatic ring is 1. The summed E-state index contributed by atoms with van der Waals surface area (Å²) < 4.78 is 18.3. The minimum Gasteiger partial charge on any atom is -0.496 e. The van der Waals surface area contributed by atoms with Crippen molar-refractivity contribution in [3.05, 3.63) is 47.3 Å². The minimum absolute atomic E-state index is 0.0136. The van der Waals surface area contributed by atoms with E-state index in [1.165, 1.54) is 0 Å². The first-order chi connectivity index (χ1) is 13.1. The molecule has 1 atom stereocenters. The second-order valence-electron chi connectivity index (χ2n) is 7.55. The van der Waals surface area contributed by atoms with Crippen LogP contribution in [-0.2, 0) is 4.57 Å². The number of nitrogens with zero attached hydrogens (tertiary/aromatic N) is 2. The van der Waals surface area contributed by atoms with Crippen molar-refractivity contribution < 1.29 is 9.30 Å². The number of aryl methyl sites for hydroxylation is 2. The first-order valence-electron chi connectivity index (χ1n) is 9.14. The Kier molecular flexibility index (Phi) is 5.35. The number of rotatable bonds is 5. The number of fused-ring (bicyclic) bond motifs is 1. The van der Waals surface area contributed by atoms with E-state index in [1.54, 1.807) is 20.4 Å². The largest absolute Gasteiger partial charge is 0.496 e. The molecule has 3 aromatic rings. The van der Waals surface area contributed by atoms with Crippen LogP contribution in [0.3, 0.4) is 0 Å². The Balaban J connectivity index is 2.13. The normalized spacial score (nSPS) is 12.8. The number of methoxy groups -OCH3 is 1. The van der Waals surface area contributed by atoms with Crippen molar-refractivity contribution in [1.82, 2.24) is 9.97 Å². The fourth-order valence-electron chi connectivity index (χ4n) is 3.34. The van der Waals surface area contributed by atoms with Crippen molar-refractivity contribution in [2.75, 3.05) is 31.5 Å². The van der Waals surface area contributed by atoms with E-state index in [1.807, 2.05) is 38.1 Å². The highest BCUT2D eigenvalue weighted by Gasteiger charge is 2.21. The van der Waals surface area contributed by atoms with Gasteiger partial charge in [0, 0.05) is 17.1 Å². The Morgan fingerprint density at radius 2 is 1.82 bits per heavy atom. The third-order valence-electron chi connectivity index (χ3n) is 4.66. The molecule has 2 aromatic carbocycles. The Morgan fingerprint density at radius 3 is 2.43 bits per heavy atom. The third kappa shape index (κ3) is 4.12. The molecule has 7 heteroatoms. The molecule has 1 heterocycles. The number of hydrogen-bond donors (Lipinski definition) is 2. The van der Waals surface area contributed by atoms with Crippen LogP contribution < -0.4 is 21.1 Å². The van der Waals surface area contributed by atoms with Gasteiger partial charge in [-0.2, -0.15) is 0 Å². The van der Waals surface area contributed by atoms with Crippen molar-refractivity contribution in [1.29, 1.82) is 0 Å². The Morgan fingerprint density at radius 1 is 1.11 bits per heavy atom. The first-order valence-corrected chi connectivity index (χ1v) is 11.7. The van der Waals surface area contributed by atoms with Gasteiger partial charge in [-0.3, -0.25) is 0 Å². The van der Waals surface area contributed by atoms with Crippen LogP contribution >= 0.6 is 7.14 Å². The molecule has 0 aliphatic carbocycles. The van der Waals surface area contributed by atoms with Gasteiger partial charge in [-0.25, -0.2) is 9.97 Å². The Hall–Kier alpha value is -2.59. The lowest BCUT2D eigenvalue weighted by molar-refractivity contribution is 0.418. The third-order valence-corrected chi connectivity index (χ3v) is 6.17. The molecule has 0 unspecified atom stereocenters. The molecule has 3 rings (SSSR count). The summed E-state index contributed by atoms with van der Waals surface area (Å²) in [5, 5.41) is 4.98. The van der Waals surface area contributed by atoms with Crippen molar-refractivity contribution in [2.45, 2.75) is 26.8 Å². The number of anilines is 2. The predicted octanol–water partition coefficient (Wildman–Crippen LogP) is 4.26. The molecular formula is C21H27N4O2P. The first kappa shape index (κ1) is 20.2. The molecule has 0 amide bonds. The van der Waals surface area contributed by atoms with Crippen molar-refractivity contribution in [3.63, 3.8) is 0 Å². The molecule has 0 fully saturated rings. The Labute approximate surface area is 165 Å². The molecular weight excluding hydrogens is 371 g/mol. The monoisotopic (exact) mass is 398 g/mol. The Bertz CT molecular complexity index is 1070. The van der Waals surface area contributed by atoms with Gasteiger partial charge in [0.25, 0.3) is 0 Å². The van der Waals surface area contributed by atoms with Crippen LogP contribution in [0.1, 0.15) is 29.9 Å². The second kappa shape index (κ2) is 7.44. The zero-order valence-electron chi connectivity index (χ0n) is 17.2. The zero-order chi connectivity index (χ0) is 20.6. The van der Waals surface area contributed by atoms with E-state index < -0.39 is 7.14 Å². The molecule has 0 saturated carbocycles. The van der Waals surface area contributed by atoms with Crippen LogP contribution in [0.15, 0.2) is 30.3 Å². The highest BCUT2D eigenvalue weighted by Crippen LogP contribution is 2.40. The van der Waals surface area contributed by atoms with Crippen LogP contribution in [0.4, 0.5) is 11.5 Å². The van der Waals surface area contributed by atoms with Gasteiger partial charge in [0.1, 0.15) is 24.5 Å². The van der Waals surface area contributed by atoms with Crippen molar-refractivity contribution in [3.8, 4) is 5.75 Å². The summed E-state index contributed by atoms with van der Waals surface area (Å²) in [6.07, 6.45) is 0. The lowest BCUT2D eigenvalue weighted by Gasteiger charge is -2.19. The van der Waals surface area contributed by atoms with Gasteiger partial charge >= 0.3 is 0 Å². The van der Waals surface area contributed by atoms with Gasteiger partial charge in [0.2, 0.25) is 0 Å². The van der Waals surface area contributed by atoms with Gasteiger partial charge in [-0.15, -0.1) is 0 Å². The van der Waals surface area contributed by atoms with Gasteiger partial charge in [0.15, 0.2) is 0 Å². The number of benzene rings is 2. The maximum atomic E-state index is 12.8. The molecule has 0 aliphatic rings. The topological polar surface area (TPSA) is 90.1 Å². The van der Waals surface area contributed by atoms with Crippen LogP contribution in [0, 0.1) is 13.8 Å². The van der Waals surface area contributed by atoms with Crippen LogP contribution in [-0.4, -0.2) is 30.4 Å². The summed E-state index contributed by atoms with van der Waals surface area (Å²) in [7, 11) is -0.957. The summed E-state index contributed by atoms with van der Waals surface area (Å²) in [5.74, 6) is 1.94. The molecule has 0 aliphatic heterocycles. The fraction of sp³-hybridized carbons (Fsp3) is 0.333.